The van der Waals surface area contributed by atoms with E-state index in [1.807, 2.05) is 45.0 Å². The normalized spacial score (nSPS) is 19.1. The summed E-state index contributed by atoms with van der Waals surface area (Å²) in [5.41, 5.74) is 0.803. The van der Waals surface area contributed by atoms with Gasteiger partial charge in [-0.05, 0) is 51.3 Å². The van der Waals surface area contributed by atoms with Crippen LogP contribution >= 0.6 is 0 Å². The van der Waals surface area contributed by atoms with E-state index in [-0.39, 0.29) is 18.8 Å². The van der Waals surface area contributed by atoms with Gasteiger partial charge < -0.3 is 25.2 Å². The van der Waals surface area contributed by atoms with Crippen molar-refractivity contribution in [1.29, 1.82) is 0 Å². The van der Waals surface area contributed by atoms with Crippen molar-refractivity contribution in [2.75, 3.05) is 26.2 Å². The van der Waals surface area contributed by atoms with Gasteiger partial charge in [0.15, 0.2) is 5.96 Å². The van der Waals surface area contributed by atoms with Crippen LogP contribution in [0.2, 0.25) is 0 Å². The highest BCUT2D eigenvalue weighted by molar-refractivity contribution is 5.79. The van der Waals surface area contributed by atoms with Gasteiger partial charge in [-0.15, -0.1) is 0 Å². The average molecular weight is 349 g/mol. The van der Waals surface area contributed by atoms with Crippen molar-refractivity contribution in [1.82, 2.24) is 10.6 Å². The lowest BCUT2D eigenvalue weighted by atomic mass is 10.1. The molecule has 1 aromatic carbocycles. The van der Waals surface area contributed by atoms with E-state index in [0.717, 1.165) is 43.9 Å². The molecule has 2 unspecified atom stereocenters. The minimum absolute atomic E-state index is 0.104. The fraction of sp³-hybridized carbons (Fsp3) is 0.632. The molecule has 0 bridgehead atoms. The zero-order valence-corrected chi connectivity index (χ0v) is 15.5. The Balaban J connectivity index is 1.91. The first-order valence-electron chi connectivity index (χ1n) is 9.17. The van der Waals surface area contributed by atoms with E-state index in [1.165, 1.54) is 0 Å². The van der Waals surface area contributed by atoms with Gasteiger partial charge in [0, 0.05) is 19.7 Å². The number of aliphatic hydroxyl groups excluding tert-OH is 1. The number of rotatable bonds is 8. The molecule has 1 aliphatic heterocycles. The van der Waals surface area contributed by atoms with Crippen LogP contribution in [0.25, 0.3) is 0 Å². The summed E-state index contributed by atoms with van der Waals surface area (Å²) >= 11 is 0. The number of hydrogen-bond acceptors (Lipinski definition) is 4. The van der Waals surface area contributed by atoms with E-state index in [4.69, 9.17) is 9.47 Å². The maximum Gasteiger partial charge on any atom is 0.191 e. The Morgan fingerprint density at radius 3 is 2.92 bits per heavy atom. The summed E-state index contributed by atoms with van der Waals surface area (Å²) in [7, 11) is 0. The highest BCUT2D eigenvalue weighted by Gasteiger charge is 2.16. The molecule has 2 rings (SSSR count). The van der Waals surface area contributed by atoms with Crippen molar-refractivity contribution in [2.24, 2.45) is 4.99 Å². The molecule has 0 amide bonds. The molecule has 1 fully saturated rings. The zero-order chi connectivity index (χ0) is 18.1. The molecular formula is C19H31N3O3. The van der Waals surface area contributed by atoms with Gasteiger partial charge in [0.2, 0.25) is 0 Å². The Morgan fingerprint density at radius 1 is 1.40 bits per heavy atom. The van der Waals surface area contributed by atoms with Crippen LogP contribution in [0.3, 0.4) is 0 Å². The number of hydrogen-bond donors (Lipinski definition) is 3. The predicted molar refractivity (Wildman–Crippen MR) is 100 cm³/mol. The lowest BCUT2D eigenvalue weighted by molar-refractivity contribution is 0.113. The lowest BCUT2D eigenvalue weighted by Gasteiger charge is -2.16. The fourth-order valence-electron chi connectivity index (χ4n) is 2.71. The highest BCUT2D eigenvalue weighted by atomic mass is 16.5. The second-order valence-electron chi connectivity index (χ2n) is 6.49. The van der Waals surface area contributed by atoms with E-state index in [0.29, 0.717) is 5.96 Å². The van der Waals surface area contributed by atoms with Crippen LogP contribution in [0.1, 0.15) is 45.3 Å². The number of aliphatic imine (C=N–C) groups is 1. The quantitative estimate of drug-likeness (QED) is 0.496. The minimum Gasteiger partial charge on any atom is -0.491 e. The molecule has 6 heteroatoms. The number of guanidine groups is 1. The van der Waals surface area contributed by atoms with Crippen LogP contribution < -0.4 is 15.4 Å². The van der Waals surface area contributed by atoms with Gasteiger partial charge >= 0.3 is 0 Å². The number of nitrogens with zero attached hydrogens (tertiary/aromatic N) is 1. The molecule has 0 radical (unpaired) electrons. The summed E-state index contributed by atoms with van der Waals surface area (Å²) in [6.07, 6.45) is 1.88. The Labute approximate surface area is 150 Å². The zero-order valence-electron chi connectivity index (χ0n) is 15.5. The third-order valence-corrected chi connectivity index (χ3v) is 3.90. The lowest BCUT2D eigenvalue weighted by Crippen LogP contribution is -2.41. The van der Waals surface area contributed by atoms with Crippen LogP contribution in [0.4, 0.5) is 0 Å². The first kappa shape index (κ1) is 19.5. The van der Waals surface area contributed by atoms with E-state index < -0.39 is 6.10 Å². The number of nitrogens with one attached hydrogen (secondary N) is 2. The molecule has 25 heavy (non-hydrogen) atoms. The Hall–Kier alpha value is -1.79. The van der Waals surface area contributed by atoms with E-state index in [9.17, 15) is 5.11 Å². The van der Waals surface area contributed by atoms with E-state index in [1.54, 1.807) is 0 Å². The highest BCUT2D eigenvalue weighted by Crippen LogP contribution is 2.20. The van der Waals surface area contributed by atoms with Crippen LogP contribution in [0, 0.1) is 0 Å². The van der Waals surface area contributed by atoms with Crippen molar-refractivity contribution in [3.05, 3.63) is 29.8 Å². The molecule has 1 aliphatic rings. The van der Waals surface area contributed by atoms with Crippen LogP contribution in [-0.4, -0.2) is 49.5 Å². The summed E-state index contributed by atoms with van der Waals surface area (Å²) in [6, 6.07) is 7.54. The van der Waals surface area contributed by atoms with Gasteiger partial charge in [0.25, 0.3) is 0 Å². The van der Waals surface area contributed by atoms with E-state index >= 15 is 0 Å². The van der Waals surface area contributed by atoms with Crippen molar-refractivity contribution in [2.45, 2.75) is 51.9 Å². The van der Waals surface area contributed by atoms with Gasteiger partial charge in [-0.1, -0.05) is 12.1 Å². The third kappa shape index (κ3) is 6.92. The molecule has 1 aromatic rings. The fourth-order valence-corrected chi connectivity index (χ4v) is 2.71. The summed E-state index contributed by atoms with van der Waals surface area (Å²) in [5, 5.41) is 16.9. The largest absolute Gasteiger partial charge is 0.491 e. The van der Waals surface area contributed by atoms with Crippen molar-refractivity contribution in [3.63, 3.8) is 0 Å². The molecule has 140 valence electrons. The summed E-state index contributed by atoms with van der Waals surface area (Å²) in [4.78, 5) is 4.49. The predicted octanol–water partition coefficient (Wildman–Crippen LogP) is 2.24. The van der Waals surface area contributed by atoms with Crippen LogP contribution in [-0.2, 0) is 4.74 Å². The monoisotopic (exact) mass is 349 g/mol. The molecular weight excluding hydrogens is 318 g/mol. The molecule has 1 heterocycles. The topological polar surface area (TPSA) is 75.1 Å². The van der Waals surface area contributed by atoms with Crippen molar-refractivity contribution >= 4 is 5.96 Å². The second kappa shape index (κ2) is 10.3. The van der Waals surface area contributed by atoms with Gasteiger partial charge in [0.1, 0.15) is 5.75 Å². The molecule has 2 atom stereocenters. The molecule has 0 aromatic heterocycles. The van der Waals surface area contributed by atoms with Gasteiger partial charge in [-0.25, -0.2) is 0 Å². The Bertz CT molecular complexity index is 542. The van der Waals surface area contributed by atoms with Gasteiger partial charge in [0.05, 0.1) is 24.9 Å². The first-order chi connectivity index (χ1) is 12.1. The molecule has 3 N–H and O–H groups in total. The first-order valence-corrected chi connectivity index (χ1v) is 9.17. The Kier molecular flexibility index (Phi) is 8.01. The third-order valence-electron chi connectivity index (χ3n) is 3.90. The van der Waals surface area contributed by atoms with Gasteiger partial charge in [-0.2, -0.15) is 0 Å². The summed E-state index contributed by atoms with van der Waals surface area (Å²) in [5.74, 6) is 1.46. The van der Waals surface area contributed by atoms with Crippen LogP contribution in [0.5, 0.6) is 5.75 Å². The van der Waals surface area contributed by atoms with Crippen molar-refractivity contribution in [3.8, 4) is 5.75 Å². The van der Waals surface area contributed by atoms with Crippen molar-refractivity contribution < 1.29 is 14.6 Å². The standard InChI is InChI=1S/C19H31N3O3/c1-4-20-19(21-12-17-9-6-10-24-17)22-13-18(23)15-7-5-8-16(11-15)25-14(2)3/h5,7-8,11,14,17-18,23H,4,6,9-10,12-13H2,1-3H3,(H2,20,21,22). The smallest absolute Gasteiger partial charge is 0.191 e. The molecule has 0 saturated carbocycles. The minimum atomic E-state index is -0.672. The average Bonchev–Trinajstić information content (AvgIpc) is 3.10. The van der Waals surface area contributed by atoms with E-state index in [2.05, 4.69) is 15.6 Å². The summed E-state index contributed by atoms with van der Waals surface area (Å²) in [6.45, 7) is 8.61. The second-order valence-corrected chi connectivity index (χ2v) is 6.49. The maximum absolute atomic E-state index is 10.4. The number of aliphatic hydroxyl groups is 1. The number of benzene rings is 1. The molecule has 0 aliphatic carbocycles. The maximum atomic E-state index is 10.4. The Morgan fingerprint density at radius 2 is 2.24 bits per heavy atom. The molecule has 1 saturated heterocycles. The molecule has 6 nitrogen and oxygen atoms in total. The van der Waals surface area contributed by atoms with Crippen LogP contribution in [0.15, 0.2) is 29.3 Å². The van der Waals surface area contributed by atoms with Gasteiger partial charge in [-0.3, -0.25) is 4.99 Å². The summed E-state index contributed by atoms with van der Waals surface area (Å²) < 4.78 is 11.3. The molecule has 0 spiro atoms. The number of ether oxygens (including phenoxy) is 2. The SMILES string of the molecule is CCNC(=NCC(O)c1cccc(OC(C)C)c1)NCC1CCCO1.